The number of hydrogen-bond acceptors (Lipinski definition) is 4. The average molecular weight is 338 g/mol. The van der Waals surface area contributed by atoms with E-state index < -0.39 is 0 Å². The van der Waals surface area contributed by atoms with Gasteiger partial charge in [0.2, 0.25) is 0 Å². The van der Waals surface area contributed by atoms with E-state index >= 15 is 0 Å². The number of aromatic nitrogens is 3. The van der Waals surface area contributed by atoms with Crippen LogP contribution in [0.2, 0.25) is 0 Å². The van der Waals surface area contributed by atoms with Gasteiger partial charge in [-0.25, -0.2) is 9.67 Å². The Morgan fingerprint density at radius 3 is 2.62 bits per heavy atom. The first kappa shape index (κ1) is 15.1. The number of benzene rings is 1. The van der Waals surface area contributed by atoms with Gasteiger partial charge in [0.15, 0.2) is 0 Å². The predicted molar refractivity (Wildman–Crippen MR) is 95.1 cm³/mol. The van der Waals surface area contributed by atoms with Gasteiger partial charge in [-0.2, -0.15) is 5.10 Å². The molecule has 24 heavy (non-hydrogen) atoms. The van der Waals surface area contributed by atoms with Gasteiger partial charge in [-0.1, -0.05) is 18.2 Å². The molecule has 1 saturated carbocycles. The minimum Gasteiger partial charge on any atom is -0.305 e. The van der Waals surface area contributed by atoms with Gasteiger partial charge in [-0.05, 0) is 38.8 Å². The highest BCUT2D eigenvalue weighted by Gasteiger charge is 2.31. The summed E-state index contributed by atoms with van der Waals surface area (Å²) in [6.07, 6.45) is 2.35. The van der Waals surface area contributed by atoms with Gasteiger partial charge < -0.3 is 5.32 Å². The van der Waals surface area contributed by atoms with Crippen molar-refractivity contribution < 1.29 is 4.79 Å². The van der Waals surface area contributed by atoms with Crippen LogP contribution in [0.25, 0.3) is 5.69 Å². The van der Waals surface area contributed by atoms with Gasteiger partial charge in [-0.15, -0.1) is 11.3 Å². The highest BCUT2D eigenvalue weighted by Crippen LogP contribution is 2.43. The maximum absolute atomic E-state index is 12.6. The summed E-state index contributed by atoms with van der Waals surface area (Å²) >= 11 is 1.36. The first-order valence-corrected chi connectivity index (χ1v) is 8.89. The molecule has 6 heteroatoms. The molecule has 1 aromatic carbocycles. The summed E-state index contributed by atoms with van der Waals surface area (Å²) in [5, 5.41) is 7.84. The van der Waals surface area contributed by atoms with E-state index in [4.69, 9.17) is 5.10 Å². The normalized spacial score (nSPS) is 13.9. The largest absolute Gasteiger partial charge is 0.305 e. The molecule has 5 nitrogen and oxygen atoms in total. The number of carbonyl (C=O) groups excluding carboxylic acids is 1. The fourth-order valence-corrected chi connectivity index (χ4v) is 3.54. The summed E-state index contributed by atoms with van der Waals surface area (Å²) in [6.45, 7) is 3.89. The molecule has 0 unspecified atom stereocenters. The number of carbonyl (C=O) groups is 1. The van der Waals surface area contributed by atoms with Crippen molar-refractivity contribution in [3.8, 4) is 5.69 Å². The van der Waals surface area contributed by atoms with Crippen LogP contribution >= 0.6 is 11.3 Å². The number of amides is 1. The first-order valence-electron chi connectivity index (χ1n) is 8.01. The highest BCUT2D eigenvalue weighted by atomic mass is 32.1. The molecule has 0 radical (unpaired) electrons. The molecule has 3 aromatic rings. The summed E-state index contributed by atoms with van der Waals surface area (Å²) in [5.41, 5.74) is 5.54. The third-order valence-corrected chi connectivity index (χ3v) is 5.23. The van der Waals surface area contributed by atoms with Gasteiger partial charge >= 0.3 is 0 Å². The molecular formula is C18H18N4OS. The summed E-state index contributed by atoms with van der Waals surface area (Å²) in [4.78, 5) is 17.4. The minimum absolute atomic E-state index is 0.127. The number of rotatable bonds is 4. The van der Waals surface area contributed by atoms with Crippen LogP contribution in [0.15, 0.2) is 35.8 Å². The zero-order chi connectivity index (χ0) is 16.7. The standard InChI is InChI=1S/C18H18N4OS/c1-11-15(13-8-9-13)21-22(14-6-4-3-5-7-14)17(11)20-18(23)16-12(2)19-10-24-16/h3-7,10,13H,8-9H2,1-2H3,(H,20,23). The van der Waals surface area contributed by atoms with Crippen LogP contribution in [0, 0.1) is 13.8 Å². The van der Waals surface area contributed by atoms with E-state index in [9.17, 15) is 4.79 Å². The fourth-order valence-electron chi connectivity index (χ4n) is 2.84. The van der Waals surface area contributed by atoms with E-state index in [0.29, 0.717) is 10.8 Å². The van der Waals surface area contributed by atoms with Crippen LogP contribution < -0.4 is 5.32 Å². The number of nitrogens with one attached hydrogen (secondary N) is 1. The Balaban J connectivity index is 1.76. The smallest absolute Gasteiger partial charge is 0.268 e. The quantitative estimate of drug-likeness (QED) is 0.780. The topological polar surface area (TPSA) is 59.8 Å². The summed E-state index contributed by atoms with van der Waals surface area (Å²) in [5.74, 6) is 1.15. The molecule has 0 atom stereocenters. The molecule has 1 aliphatic carbocycles. The molecule has 0 saturated heterocycles. The van der Waals surface area contributed by atoms with Crippen molar-refractivity contribution in [2.24, 2.45) is 0 Å². The van der Waals surface area contributed by atoms with Crippen molar-refractivity contribution in [1.29, 1.82) is 0 Å². The predicted octanol–water partition coefficient (Wildman–Crippen LogP) is 4.08. The number of hydrogen-bond donors (Lipinski definition) is 1. The van der Waals surface area contributed by atoms with Crippen molar-refractivity contribution in [3.05, 3.63) is 57.7 Å². The molecule has 0 bridgehead atoms. The Morgan fingerprint density at radius 1 is 1.25 bits per heavy atom. The third kappa shape index (κ3) is 2.63. The molecule has 1 N–H and O–H groups in total. The minimum atomic E-state index is -0.127. The van der Waals surface area contributed by atoms with Crippen molar-refractivity contribution in [2.75, 3.05) is 5.32 Å². The molecule has 1 aliphatic rings. The van der Waals surface area contributed by atoms with Crippen LogP contribution in [0.5, 0.6) is 0 Å². The monoisotopic (exact) mass is 338 g/mol. The first-order chi connectivity index (χ1) is 11.6. The maximum atomic E-state index is 12.6. The molecule has 2 aromatic heterocycles. The van der Waals surface area contributed by atoms with Gasteiger partial charge in [-0.3, -0.25) is 4.79 Å². The second kappa shape index (κ2) is 5.87. The summed E-state index contributed by atoms with van der Waals surface area (Å²) < 4.78 is 1.84. The number of thiazole rings is 1. The molecule has 0 spiro atoms. The summed E-state index contributed by atoms with van der Waals surface area (Å²) in [6, 6.07) is 9.91. The third-order valence-electron chi connectivity index (χ3n) is 4.31. The lowest BCUT2D eigenvalue weighted by molar-refractivity contribution is 0.102. The Morgan fingerprint density at radius 2 is 2.00 bits per heavy atom. The Hall–Kier alpha value is -2.47. The Labute approximate surface area is 144 Å². The van der Waals surface area contributed by atoms with Crippen molar-refractivity contribution in [2.45, 2.75) is 32.6 Å². The number of nitrogens with zero attached hydrogens (tertiary/aromatic N) is 3. The molecule has 2 heterocycles. The highest BCUT2D eigenvalue weighted by molar-refractivity contribution is 7.12. The second-order valence-electron chi connectivity index (χ2n) is 6.10. The zero-order valence-electron chi connectivity index (χ0n) is 13.6. The lowest BCUT2D eigenvalue weighted by Crippen LogP contribution is -2.15. The average Bonchev–Trinajstić information content (AvgIpc) is 3.26. The second-order valence-corrected chi connectivity index (χ2v) is 6.96. The number of aryl methyl sites for hydroxylation is 1. The van der Waals surface area contributed by atoms with Crippen LogP contribution in [0.1, 0.15) is 45.4 Å². The fraction of sp³-hybridized carbons (Fsp3) is 0.278. The Kier molecular flexibility index (Phi) is 3.69. The number of anilines is 1. The van der Waals surface area contributed by atoms with E-state index in [2.05, 4.69) is 10.3 Å². The van der Waals surface area contributed by atoms with E-state index in [1.54, 1.807) is 5.51 Å². The van der Waals surface area contributed by atoms with Crippen LogP contribution in [-0.2, 0) is 0 Å². The SMILES string of the molecule is Cc1ncsc1C(=O)Nc1c(C)c(C2CC2)nn1-c1ccccc1. The molecule has 0 aliphatic heterocycles. The lowest BCUT2D eigenvalue weighted by atomic mass is 10.2. The molecule has 1 fully saturated rings. The molecule has 122 valence electrons. The van der Waals surface area contributed by atoms with E-state index in [1.165, 1.54) is 24.2 Å². The van der Waals surface area contributed by atoms with E-state index in [0.717, 1.165) is 28.5 Å². The van der Waals surface area contributed by atoms with E-state index in [1.807, 2.05) is 48.9 Å². The van der Waals surface area contributed by atoms with Crippen molar-refractivity contribution in [1.82, 2.24) is 14.8 Å². The maximum Gasteiger partial charge on any atom is 0.268 e. The summed E-state index contributed by atoms with van der Waals surface area (Å²) in [7, 11) is 0. The van der Waals surface area contributed by atoms with Crippen molar-refractivity contribution >= 4 is 23.1 Å². The van der Waals surface area contributed by atoms with Crippen LogP contribution in [-0.4, -0.2) is 20.7 Å². The molecular weight excluding hydrogens is 320 g/mol. The van der Waals surface area contributed by atoms with Gasteiger partial charge in [0.25, 0.3) is 5.91 Å². The molecule has 1 amide bonds. The van der Waals surface area contributed by atoms with E-state index in [-0.39, 0.29) is 5.91 Å². The number of para-hydroxylation sites is 1. The Bertz CT molecular complexity index is 893. The van der Waals surface area contributed by atoms with Gasteiger partial charge in [0.05, 0.1) is 22.6 Å². The lowest BCUT2D eigenvalue weighted by Gasteiger charge is -2.09. The van der Waals surface area contributed by atoms with Crippen LogP contribution in [0.3, 0.4) is 0 Å². The van der Waals surface area contributed by atoms with Crippen molar-refractivity contribution in [3.63, 3.8) is 0 Å². The van der Waals surface area contributed by atoms with Gasteiger partial charge in [0.1, 0.15) is 10.7 Å². The van der Waals surface area contributed by atoms with Crippen LogP contribution in [0.4, 0.5) is 5.82 Å². The zero-order valence-corrected chi connectivity index (χ0v) is 14.4. The van der Waals surface area contributed by atoms with Gasteiger partial charge in [0, 0.05) is 11.5 Å². The molecule has 4 rings (SSSR count).